The standard InChI is InChI=1S/C28H18Cl2N2S5/c1-15-9-19(11-17(13-31)21-5-7-25(29)36-21)33-27(15)23-3-4-24(35-23)28-16(2)10-20(34-28)12-18(14-32)22-6-8-26(30)37-22/h3-12,15,27H,1-2H3. The number of thiophene rings is 4. The number of hydrogen-bond acceptors (Lipinski definition) is 7. The van der Waals surface area contributed by atoms with Crippen LogP contribution in [0.15, 0.2) is 59.5 Å². The summed E-state index contributed by atoms with van der Waals surface area (Å²) < 4.78 is 1.36. The third-order valence-corrected chi connectivity index (χ3v) is 12.4. The predicted octanol–water partition coefficient (Wildman–Crippen LogP) is 11.2. The molecule has 0 bridgehead atoms. The minimum atomic E-state index is 0.310. The molecule has 0 amide bonds. The van der Waals surface area contributed by atoms with Crippen molar-refractivity contribution < 1.29 is 0 Å². The van der Waals surface area contributed by atoms with E-state index in [1.165, 1.54) is 42.9 Å². The van der Waals surface area contributed by atoms with Gasteiger partial charge >= 0.3 is 0 Å². The van der Waals surface area contributed by atoms with Gasteiger partial charge in [-0.3, -0.25) is 0 Å². The molecule has 0 aromatic carbocycles. The lowest BCUT2D eigenvalue weighted by Gasteiger charge is -2.12. The molecule has 0 spiro atoms. The van der Waals surface area contributed by atoms with Gasteiger partial charge in [0, 0.05) is 39.4 Å². The van der Waals surface area contributed by atoms with Gasteiger partial charge in [-0.15, -0.1) is 57.1 Å². The number of hydrogen-bond donors (Lipinski definition) is 0. The summed E-state index contributed by atoms with van der Waals surface area (Å²) >= 11 is 20.3. The van der Waals surface area contributed by atoms with Crippen LogP contribution in [0.5, 0.6) is 0 Å². The number of nitriles is 2. The van der Waals surface area contributed by atoms with Crippen LogP contribution in [-0.2, 0) is 0 Å². The zero-order valence-corrected chi connectivity index (χ0v) is 25.2. The maximum absolute atomic E-state index is 9.68. The highest BCUT2D eigenvalue weighted by Crippen LogP contribution is 2.51. The zero-order chi connectivity index (χ0) is 26.1. The van der Waals surface area contributed by atoms with Gasteiger partial charge in [-0.2, -0.15) is 10.5 Å². The van der Waals surface area contributed by atoms with Gasteiger partial charge in [0.15, 0.2) is 0 Å². The van der Waals surface area contributed by atoms with E-state index in [9.17, 15) is 10.5 Å². The molecule has 0 saturated carbocycles. The molecule has 4 aromatic heterocycles. The maximum atomic E-state index is 9.68. The predicted molar refractivity (Wildman–Crippen MR) is 166 cm³/mol. The van der Waals surface area contributed by atoms with Crippen LogP contribution in [0.1, 0.15) is 37.2 Å². The Labute approximate surface area is 246 Å². The second-order valence-corrected chi connectivity index (χ2v) is 15.2. The number of allylic oxidation sites excluding steroid dienone is 4. The molecule has 5 heterocycles. The third kappa shape index (κ3) is 5.85. The van der Waals surface area contributed by atoms with E-state index in [0.29, 0.717) is 31.0 Å². The van der Waals surface area contributed by atoms with Crippen LogP contribution >= 0.6 is 80.3 Å². The summed E-state index contributed by atoms with van der Waals surface area (Å²) in [5, 5.41) is 19.7. The molecule has 2 nitrogen and oxygen atoms in total. The van der Waals surface area contributed by atoms with Crippen LogP contribution < -0.4 is 0 Å². The Morgan fingerprint density at radius 3 is 2.11 bits per heavy atom. The van der Waals surface area contributed by atoms with Gasteiger partial charge < -0.3 is 0 Å². The summed E-state index contributed by atoms with van der Waals surface area (Å²) in [6.45, 7) is 4.35. The van der Waals surface area contributed by atoms with Gasteiger partial charge in [0.2, 0.25) is 0 Å². The largest absolute Gasteiger partial charge is 0.192 e. The Morgan fingerprint density at radius 2 is 1.51 bits per heavy atom. The Bertz CT molecular complexity index is 1650. The van der Waals surface area contributed by atoms with Crippen LogP contribution in [0.2, 0.25) is 8.67 Å². The third-order valence-electron chi connectivity index (χ3n) is 5.73. The van der Waals surface area contributed by atoms with Gasteiger partial charge in [0.25, 0.3) is 0 Å². The Balaban J connectivity index is 1.35. The van der Waals surface area contributed by atoms with Crippen molar-refractivity contribution in [2.24, 2.45) is 5.92 Å². The van der Waals surface area contributed by atoms with Crippen molar-refractivity contribution in [3.63, 3.8) is 0 Å². The van der Waals surface area contributed by atoms with E-state index >= 15 is 0 Å². The average Bonchev–Trinajstić information content (AvgIpc) is 3.69. The molecule has 1 aliphatic rings. The zero-order valence-electron chi connectivity index (χ0n) is 19.6. The molecule has 37 heavy (non-hydrogen) atoms. The monoisotopic (exact) mass is 612 g/mol. The molecule has 0 fully saturated rings. The lowest BCUT2D eigenvalue weighted by atomic mass is 10.1. The maximum Gasteiger partial charge on any atom is 0.101 e. The van der Waals surface area contributed by atoms with Crippen molar-refractivity contribution in [3.05, 3.63) is 93.3 Å². The van der Waals surface area contributed by atoms with Crippen molar-refractivity contribution >= 4 is 97.5 Å². The fourth-order valence-corrected chi connectivity index (χ4v) is 9.97. The number of halogens is 2. The van der Waals surface area contributed by atoms with Crippen molar-refractivity contribution in [2.75, 3.05) is 0 Å². The first-order valence-corrected chi connectivity index (χ1v) is 16.1. The summed E-state index contributed by atoms with van der Waals surface area (Å²) in [6.07, 6.45) is 6.18. The van der Waals surface area contributed by atoms with Crippen LogP contribution in [0.4, 0.5) is 0 Å². The fraction of sp³-hybridized carbons (Fsp3) is 0.143. The molecule has 2 atom stereocenters. The lowest BCUT2D eigenvalue weighted by Crippen LogP contribution is -1.95. The van der Waals surface area contributed by atoms with Crippen molar-refractivity contribution in [2.45, 2.75) is 19.1 Å². The number of thioether (sulfide) groups is 1. The quantitative estimate of drug-likeness (QED) is 0.203. The van der Waals surface area contributed by atoms with Crippen LogP contribution in [-0.4, -0.2) is 0 Å². The summed E-state index contributed by atoms with van der Waals surface area (Å²) in [4.78, 5) is 7.73. The molecule has 2 unspecified atom stereocenters. The molecular weight excluding hydrogens is 596 g/mol. The van der Waals surface area contributed by atoms with E-state index in [0.717, 1.165) is 19.5 Å². The summed E-state index contributed by atoms with van der Waals surface area (Å²) in [5.41, 5.74) is 2.47. The highest BCUT2D eigenvalue weighted by atomic mass is 35.5. The summed E-state index contributed by atoms with van der Waals surface area (Å²) in [5.74, 6) is 0.355. The van der Waals surface area contributed by atoms with Crippen molar-refractivity contribution in [1.82, 2.24) is 0 Å². The average molecular weight is 614 g/mol. The van der Waals surface area contributed by atoms with E-state index in [1.54, 1.807) is 11.3 Å². The lowest BCUT2D eigenvalue weighted by molar-refractivity contribution is 0.728. The number of nitrogens with zero attached hydrogens (tertiary/aromatic N) is 2. The van der Waals surface area contributed by atoms with E-state index in [1.807, 2.05) is 59.5 Å². The minimum Gasteiger partial charge on any atom is -0.192 e. The first-order chi connectivity index (χ1) is 17.8. The highest BCUT2D eigenvalue weighted by Gasteiger charge is 2.28. The molecule has 0 saturated heterocycles. The van der Waals surface area contributed by atoms with E-state index in [4.69, 9.17) is 23.2 Å². The van der Waals surface area contributed by atoms with E-state index in [-0.39, 0.29) is 0 Å². The SMILES string of the molecule is Cc1cc(C=C(C#N)c2ccc(Cl)s2)sc1-c1ccc(C2SC(C=C(C#N)c3ccc(Cl)s3)=CC2C)s1. The second-order valence-electron chi connectivity index (χ2n) is 8.38. The second kappa shape index (κ2) is 11.4. The Kier molecular flexibility index (Phi) is 8.14. The smallest absolute Gasteiger partial charge is 0.101 e. The molecule has 0 aliphatic carbocycles. The molecule has 0 N–H and O–H groups in total. The van der Waals surface area contributed by atoms with Crippen LogP contribution in [0.25, 0.3) is 27.0 Å². The first kappa shape index (κ1) is 26.5. The van der Waals surface area contributed by atoms with Crippen molar-refractivity contribution in [1.29, 1.82) is 10.5 Å². The van der Waals surface area contributed by atoms with Crippen molar-refractivity contribution in [3.8, 4) is 21.9 Å². The molecule has 1 aliphatic heterocycles. The van der Waals surface area contributed by atoms with Gasteiger partial charge in [0.1, 0.15) is 12.1 Å². The Morgan fingerprint density at radius 1 is 0.865 bits per heavy atom. The van der Waals surface area contributed by atoms with Crippen LogP contribution in [0, 0.1) is 35.5 Å². The van der Waals surface area contributed by atoms with Gasteiger partial charge in [-0.25, -0.2) is 0 Å². The topological polar surface area (TPSA) is 47.6 Å². The highest BCUT2D eigenvalue weighted by molar-refractivity contribution is 8.03. The summed E-state index contributed by atoms with van der Waals surface area (Å²) in [6, 6.07) is 18.6. The summed E-state index contributed by atoms with van der Waals surface area (Å²) in [7, 11) is 0. The first-order valence-electron chi connectivity index (χ1n) is 11.2. The number of rotatable bonds is 6. The minimum absolute atomic E-state index is 0.310. The van der Waals surface area contributed by atoms with E-state index < -0.39 is 0 Å². The number of aryl methyl sites for hydroxylation is 1. The van der Waals surface area contributed by atoms with Gasteiger partial charge in [-0.1, -0.05) is 36.2 Å². The fourth-order valence-electron chi connectivity index (χ4n) is 4.01. The molecule has 9 heteroatoms. The molecule has 5 rings (SSSR count). The molecular formula is C28H18Cl2N2S5. The van der Waals surface area contributed by atoms with Gasteiger partial charge in [0.05, 0.1) is 19.8 Å². The van der Waals surface area contributed by atoms with Crippen LogP contribution in [0.3, 0.4) is 0 Å². The molecule has 184 valence electrons. The van der Waals surface area contributed by atoms with E-state index in [2.05, 4.69) is 50.3 Å². The Hall–Kier alpha value is -2.07. The van der Waals surface area contributed by atoms with Gasteiger partial charge in [-0.05, 0) is 73.0 Å². The normalized spacial score (nSPS) is 18.1. The molecule has 0 radical (unpaired) electrons. The molecule has 4 aromatic rings.